The number of anilines is 2. The van der Waals surface area contributed by atoms with Crippen LogP contribution >= 0.6 is 0 Å². The molecule has 1 saturated heterocycles. The van der Waals surface area contributed by atoms with Crippen LogP contribution in [0.25, 0.3) is 11.2 Å². The molecule has 0 bridgehead atoms. The van der Waals surface area contributed by atoms with Crippen molar-refractivity contribution in [3.05, 3.63) is 52.1 Å². The van der Waals surface area contributed by atoms with Crippen molar-refractivity contribution >= 4 is 58.4 Å². The van der Waals surface area contributed by atoms with Crippen LogP contribution < -0.4 is 53.2 Å². The minimum Gasteiger partial charge on any atom is -0.549 e. The van der Waals surface area contributed by atoms with E-state index in [4.69, 9.17) is 5.73 Å². The molecule has 0 aliphatic carbocycles. The highest BCUT2D eigenvalue weighted by Crippen LogP contribution is 2.12. The fourth-order valence-corrected chi connectivity index (χ4v) is 6.15. The van der Waals surface area contributed by atoms with Crippen molar-refractivity contribution in [3.8, 4) is 0 Å². The summed E-state index contributed by atoms with van der Waals surface area (Å²) in [5, 5.41) is 48.4. The highest BCUT2D eigenvalue weighted by Gasteiger charge is 2.18. The van der Waals surface area contributed by atoms with E-state index in [9.17, 15) is 48.9 Å². The van der Waals surface area contributed by atoms with Crippen molar-refractivity contribution in [2.75, 3.05) is 96.1 Å². The van der Waals surface area contributed by atoms with Gasteiger partial charge in [0.05, 0.1) is 48.9 Å². The van der Waals surface area contributed by atoms with Gasteiger partial charge in [0, 0.05) is 96.2 Å². The van der Waals surface area contributed by atoms with Crippen molar-refractivity contribution in [1.82, 2.24) is 55.9 Å². The Morgan fingerprint density at radius 2 is 1.37 bits per heavy atom. The maximum atomic E-state index is 12.8. The summed E-state index contributed by atoms with van der Waals surface area (Å²) in [6.07, 6.45) is 2.13. The number of nitrogens with zero attached hydrogens (tertiary/aromatic N) is 6. The van der Waals surface area contributed by atoms with E-state index in [1.54, 1.807) is 21.9 Å². The van der Waals surface area contributed by atoms with Gasteiger partial charge in [0.1, 0.15) is 0 Å². The van der Waals surface area contributed by atoms with Crippen LogP contribution in [-0.2, 0) is 30.5 Å². The molecule has 3 aromatic rings. The highest BCUT2D eigenvalue weighted by atomic mass is 16.4. The number of nitrogens with two attached hydrogens (primary N) is 1. The number of H-pyrrole nitrogens is 1. The molecular formula is C37H50N13O10-3. The van der Waals surface area contributed by atoms with Crippen LogP contribution in [-0.4, -0.2) is 161 Å². The number of nitrogens with one attached hydrogen (secondary N) is 6. The molecule has 1 atom stereocenters. The zero-order chi connectivity index (χ0) is 43.4. The number of hydrogen-bond donors (Lipinski definition) is 7. The van der Waals surface area contributed by atoms with E-state index in [-0.39, 0.29) is 74.1 Å². The van der Waals surface area contributed by atoms with Crippen LogP contribution in [0.2, 0.25) is 0 Å². The maximum absolute atomic E-state index is 12.8. The van der Waals surface area contributed by atoms with Crippen molar-refractivity contribution < 1.29 is 44.1 Å². The fraction of sp³-hybridized carbons (Fsp3) is 0.514. The number of aromatic nitrogens is 4. The number of carboxylic acid groups (broad SMARTS) is 3. The Bertz CT molecular complexity index is 2000. The predicted molar refractivity (Wildman–Crippen MR) is 209 cm³/mol. The number of carboxylic acids is 3. The van der Waals surface area contributed by atoms with Gasteiger partial charge in [0.2, 0.25) is 17.8 Å². The maximum Gasteiger partial charge on any atom is 0.280 e. The average molecular weight is 837 g/mol. The summed E-state index contributed by atoms with van der Waals surface area (Å²) < 4.78 is 0. The summed E-state index contributed by atoms with van der Waals surface area (Å²) in [6.45, 7) is 3.62. The number of benzene rings is 1. The van der Waals surface area contributed by atoms with Crippen molar-refractivity contribution in [2.24, 2.45) is 0 Å². The Labute approximate surface area is 344 Å². The average Bonchev–Trinajstić information content (AvgIpc) is 3.19. The highest BCUT2D eigenvalue weighted by molar-refractivity contribution is 5.96. The number of carbonyl (C=O) groups excluding carboxylic acids is 6. The lowest BCUT2D eigenvalue weighted by atomic mass is 10.1. The zero-order valence-corrected chi connectivity index (χ0v) is 33.0. The molecule has 1 aliphatic rings. The third kappa shape index (κ3) is 16.5. The quantitative estimate of drug-likeness (QED) is 0.0520. The lowest BCUT2D eigenvalue weighted by Crippen LogP contribution is -2.50. The largest absolute Gasteiger partial charge is 0.549 e. The Hall–Kier alpha value is -6.30. The smallest absolute Gasteiger partial charge is 0.280 e. The number of rotatable bonds is 20. The van der Waals surface area contributed by atoms with Gasteiger partial charge in [-0.05, 0) is 43.5 Å². The lowest BCUT2D eigenvalue weighted by molar-refractivity contribution is -0.309. The van der Waals surface area contributed by atoms with E-state index < -0.39 is 41.3 Å². The first-order chi connectivity index (χ1) is 28.7. The van der Waals surface area contributed by atoms with Gasteiger partial charge in [-0.2, -0.15) is 4.98 Å². The second-order valence-electron chi connectivity index (χ2n) is 14.0. The first-order valence-corrected chi connectivity index (χ1v) is 19.4. The number of unbranched alkanes of at least 4 members (excludes halogenated alkanes) is 1. The molecule has 2 aromatic heterocycles. The van der Waals surface area contributed by atoms with Crippen LogP contribution in [0.1, 0.15) is 41.7 Å². The van der Waals surface area contributed by atoms with Gasteiger partial charge >= 0.3 is 0 Å². The van der Waals surface area contributed by atoms with E-state index >= 15 is 0 Å². The van der Waals surface area contributed by atoms with Gasteiger partial charge in [-0.1, -0.05) is 0 Å². The Balaban J connectivity index is 1.11. The van der Waals surface area contributed by atoms with Crippen molar-refractivity contribution in [1.29, 1.82) is 0 Å². The van der Waals surface area contributed by atoms with Gasteiger partial charge in [-0.3, -0.25) is 38.9 Å². The molecular weight excluding hydrogens is 786 g/mol. The number of aliphatic carboxylic acids is 3. The SMILES string of the molecule is Nc1nc2ncc(CNc3ccc(C(=O)NC(CCC(=O)NCCCCNC(=O)CN4CCNCCN(CC(=O)[O-])CCN(CC(=O)[O-])CC4)C(=O)[O-])cc3)nc2c(=O)[nH]1. The molecule has 1 unspecified atom stereocenters. The lowest BCUT2D eigenvalue weighted by Gasteiger charge is -2.31. The molecule has 8 N–H and O–H groups in total. The number of fused-ring (bicyclic) bond motifs is 1. The first kappa shape index (κ1) is 46.4. The van der Waals surface area contributed by atoms with Crippen LogP contribution in [0.5, 0.6) is 0 Å². The molecule has 60 heavy (non-hydrogen) atoms. The number of hydrogen-bond acceptors (Lipinski definition) is 19. The van der Waals surface area contributed by atoms with Gasteiger partial charge in [0.15, 0.2) is 11.2 Å². The minimum absolute atomic E-state index is 0.0338. The van der Waals surface area contributed by atoms with Crippen molar-refractivity contribution in [2.45, 2.75) is 38.3 Å². The molecule has 1 fully saturated rings. The fourth-order valence-electron chi connectivity index (χ4n) is 6.15. The van der Waals surface area contributed by atoms with E-state index in [1.165, 1.54) is 18.3 Å². The summed E-state index contributed by atoms with van der Waals surface area (Å²) in [6, 6.07) is 4.74. The Kier molecular flexibility index (Phi) is 18.5. The number of carbonyl (C=O) groups is 6. The van der Waals surface area contributed by atoms with Crippen LogP contribution in [0, 0.1) is 0 Å². The predicted octanol–water partition coefficient (Wildman–Crippen LogP) is -6.44. The molecule has 326 valence electrons. The molecule has 0 spiro atoms. The third-order valence-electron chi connectivity index (χ3n) is 9.35. The molecule has 0 saturated carbocycles. The second kappa shape index (κ2) is 23.9. The van der Waals surface area contributed by atoms with E-state index in [0.29, 0.717) is 83.1 Å². The van der Waals surface area contributed by atoms with Gasteiger partial charge in [-0.25, -0.2) is 9.97 Å². The van der Waals surface area contributed by atoms with E-state index in [0.717, 1.165) is 0 Å². The topological polar surface area (TPSA) is 339 Å². The van der Waals surface area contributed by atoms with Crippen LogP contribution in [0.4, 0.5) is 11.6 Å². The summed E-state index contributed by atoms with van der Waals surface area (Å²) in [4.78, 5) is 104. The van der Waals surface area contributed by atoms with Crippen LogP contribution in [0.3, 0.4) is 0 Å². The zero-order valence-electron chi connectivity index (χ0n) is 33.0. The Morgan fingerprint density at radius 3 is 1.97 bits per heavy atom. The Morgan fingerprint density at radius 1 is 0.783 bits per heavy atom. The molecule has 3 heterocycles. The molecule has 23 heteroatoms. The van der Waals surface area contributed by atoms with Gasteiger partial charge < -0.3 is 62.0 Å². The van der Waals surface area contributed by atoms with E-state index in [1.807, 2.05) is 4.90 Å². The molecule has 0 radical (unpaired) electrons. The summed E-state index contributed by atoms with van der Waals surface area (Å²) in [7, 11) is 0. The molecule has 1 aliphatic heterocycles. The summed E-state index contributed by atoms with van der Waals surface area (Å²) >= 11 is 0. The summed E-state index contributed by atoms with van der Waals surface area (Å²) in [5.74, 6) is -5.40. The number of nitrogen functional groups attached to an aromatic ring is 1. The molecule has 3 amide bonds. The minimum atomic E-state index is -1.54. The van der Waals surface area contributed by atoms with Gasteiger partial charge in [-0.15, -0.1) is 0 Å². The molecule has 4 rings (SSSR count). The third-order valence-corrected chi connectivity index (χ3v) is 9.35. The van der Waals surface area contributed by atoms with E-state index in [2.05, 4.69) is 46.5 Å². The normalized spacial score (nSPS) is 15.2. The molecule has 23 nitrogen and oxygen atoms in total. The number of amides is 3. The molecule has 1 aromatic carbocycles. The van der Waals surface area contributed by atoms with Gasteiger partial charge in [0.25, 0.3) is 11.5 Å². The monoisotopic (exact) mass is 836 g/mol. The standard InChI is InChI=1S/C37H53N13O10/c38-37-46-33-32(35(58)47-37)44-26(20-43-33)19-42-25-5-3-24(4-6-25)34(57)45-27(36(59)60)7-8-28(51)40-9-1-2-10-41-29(52)21-48-13-11-39-12-14-49(22-30(53)54)16-18-50(17-15-48)23-31(55)56/h3-6,20,27,39,42H,1-2,7-19,21-23H2,(H,40,51)(H,41,52)(H,45,57)(H,53,54)(H,55,56)(H,59,60)(H3,38,43,46,47,58)/p-3. The number of aromatic amines is 1. The van der Waals surface area contributed by atoms with Crippen molar-refractivity contribution in [3.63, 3.8) is 0 Å². The van der Waals surface area contributed by atoms with Crippen LogP contribution in [0.15, 0.2) is 35.3 Å². The first-order valence-electron chi connectivity index (χ1n) is 19.4. The summed E-state index contributed by atoms with van der Waals surface area (Å²) in [5.41, 5.74) is 6.37. The second-order valence-corrected chi connectivity index (χ2v) is 14.0.